The Hall–Kier alpha value is -2.41. The van der Waals surface area contributed by atoms with Crippen LogP contribution in [-0.2, 0) is 6.42 Å². The fourth-order valence-electron chi connectivity index (χ4n) is 4.94. The van der Waals surface area contributed by atoms with E-state index in [0.29, 0.717) is 5.92 Å². The molecule has 0 N–H and O–H groups in total. The van der Waals surface area contributed by atoms with Gasteiger partial charge in [0.2, 0.25) is 0 Å². The fourth-order valence-corrected chi connectivity index (χ4v) is 4.94. The first-order valence-electron chi connectivity index (χ1n) is 12.1. The normalized spacial score (nSPS) is 22.6. The predicted octanol–water partition coefficient (Wildman–Crippen LogP) is 8.29. The Kier molecular flexibility index (Phi) is 8.46. The maximum Gasteiger partial charge on any atom is 0.0448 e. The van der Waals surface area contributed by atoms with E-state index in [1.165, 1.54) is 58.4 Å². The van der Waals surface area contributed by atoms with E-state index < -0.39 is 0 Å². The zero-order valence-corrected chi connectivity index (χ0v) is 20.0. The Balaban J connectivity index is 2.05. The first-order chi connectivity index (χ1) is 15.1. The first-order valence-corrected chi connectivity index (χ1v) is 12.1. The van der Waals surface area contributed by atoms with Gasteiger partial charge >= 0.3 is 0 Å². The Bertz CT molecular complexity index is 935. The molecule has 0 spiro atoms. The lowest BCUT2D eigenvalue weighted by atomic mass is 9.83. The Morgan fingerprint density at radius 3 is 2.71 bits per heavy atom. The van der Waals surface area contributed by atoms with E-state index >= 15 is 0 Å². The molecule has 0 aromatic heterocycles. The molecule has 164 valence electrons. The summed E-state index contributed by atoms with van der Waals surface area (Å²) in [6.45, 7) is 14.1. The summed E-state index contributed by atoms with van der Waals surface area (Å²) in [5.41, 5.74) is 9.45. The summed E-state index contributed by atoms with van der Waals surface area (Å²) in [5.74, 6) is 1.32. The molecule has 3 rings (SSSR count). The van der Waals surface area contributed by atoms with Crippen LogP contribution in [0.2, 0.25) is 0 Å². The predicted molar refractivity (Wildman–Crippen MR) is 138 cm³/mol. The van der Waals surface area contributed by atoms with Crippen molar-refractivity contribution < 1.29 is 0 Å². The second-order valence-corrected chi connectivity index (χ2v) is 8.94. The van der Waals surface area contributed by atoms with E-state index in [2.05, 4.69) is 88.9 Å². The summed E-state index contributed by atoms with van der Waals surface area (Å²) in [6.07, 6.45) is 19.9. The van der Waals surface area contributed by atoms with Crippen LogP contribution in [0.3, 0.4) is 0 Å². The Labute approximate surface area is 190 Å². The van der Waals surface area contributed by atoms with Gasteiger partial charge in [0.05, 0.1) is 0 Å². The SMILES string of the molecule is C=CC1=C(c2cc(C3=NCCC(CC)CC3C)ccc2CC)C=C(/C=C\C=C/C)CC1. The van der Waals surface area contributed by atoms with Gasteiger partial charge in [-0.15, -0.1) is 0 Å². The number of aryl methyl sites for hydroxylation is 1. The van der Waals surface area contributed by atoms with E-state index in [4.69, 9.17) is 4.99 Å². The lowest BCUT2D eigenvalue weighted by Gasteiger charge is -2.22. The molecule has 1 aliphatic carbocycles. The van der Waals surface area contributed by atoms with Gasteiger partial charge in [0.25, 0.3) is 0 Å². The van der Waals surface area contributed by atoms with E-state index in [-0.39, 0.29) is 0 Å². The van der Waals surface area contributed by atoms with Crippen LogP contribution in [-0.4, -0.2) is 12.3 Å². The maximum absolute atomic E-state index is 5.06. The minimum absolute atomic E-state index is 0.516. The van der Waals surface area contributed by atoms with Gasteiger partial charge in [-0.05, 0) is 90.3 Å². The van der Waals surface area contributed by atoms with Gasteiger partial charge in [-0.2, -0.15) is 0 Å². The van der Waals surface area contributed by atoms with Crippen LogP contribution in [0.15, 0.2) is 77.4 Å². The molecule has 2 unspecified atom stereocenters. The number of allylic oxidation sites excluding steroid dienone is 9. The summed E-state index contributed by atoms with van der Waals surface area (Å²) in [7, 11) is 0. The highest BCUT2D eigenvalue weighted by Gasteiger charge is 2.22. The topological polar surface area (TPSA) is 12.4 Å². The van der Waals surface area contributed by atoms with Gasteiger partial charge in [-0.3, -0.25) is 4.99 Å². The molecule has 31 heavy (non-hydrogen) atoms. The van der Waals surface area contributed by atoms with Crippen LogP contribution in [0, 0.1) is 11.8 Å². The molecule has 0 bridgehead atoms. The summed E-state index contributed by atoms with van der Waals surface area (Å²) in [6, 6.07) is 7.04. The summed E-state index contributed by atoms with van der Waals surface area (Å²) in [4.78, 5) is 5.06. The van der Waals surface area contributed by atoms with Crippen molar-refractivity contribution in [1.82, 2.24) is 0 Å². The van der Waals surface area contributed by atoms with Gasteiger partial charge in [-0.1, -0.05) is 82.4 Å². The van der Waals surface area contributed by atoms with Crippen molar-refractivity contribution in [2.24, 2.45) is 16.8 Å². The zero-order chi connectivity index (χ0) is 22.2. The first kappa shape index (κ1) is 23.3. The highest BCUT2D eigenvalue weighted by atomic mass is 14.8. The smallest absolute Gasteiger partial charge is 0.0448 e. The summed E-state index contributed by atoms with van der Waals surface area (Å²) >= 11 is 0. The zero-order valence-electron chi connectivity index (χ0n) is 20.0. The molecule has 1 heteroatoms. The second-order valence-electron chi connectivity index (χ2n) is 8.94. The Morgan fingerprint density at radius 2 is 2.00 bits per heavy atom. The molecule has 0 saturated carbocycles. The maximum atomic E-state index is 5.06. The number of nitrogens with zero attached hydrogens (tertiary/aromatic N) is 1. The summed E-state index contributed by atoms with van der Waals surface area (Å²) in [5, 5.41) is 0. The van der Waals surface area contributed by atoms with Crippen LogP contribution >= 0.6 is 0 Å². The Morgan fingerprint density at radius 1 is 1.16 bits per heavy atom. The number of hydrogen-bond donors (Lipinski definition) is 0. The third-order valence-corrected chi connectivity index (χ3v) is 6.85. The van der Waals surface area contributed by atoms with Gasteiger partial charge < -0.3 is 0 Å². The minimum Gasteiger partial charge on any atom is -0.289 e. The van der Waals surface area contributed by atoms with Crippen LogP contribution in [0.25, 0.3) is 5.57 Å². The molecule has 0 radical (unpaired) electrons. The molecule has 1 nitrogen and oxygen atoms in total. The number of aliphatic imine (C=N–C) groups is 1. The third kappa shape index (κ3) is 5.64. The molecule has 2 atom stereocenters. The molecule has 1 aromatic rings. The molecule has 0 amide bonds. The molecular formula is C30H39N. The third-order valence-electron chi connectivity index (χ3n) is 6.85. The van der Waals surface area contributed by atoms with Gasteiger partial charge in [0, 0.05) is 12.3 Å². The van der Waals surface area contributed by atoms with Crippen molar-refractivity contribution in [3.8, 4) is 0 Å². The van der Waals surface area contributed by atoms with Crippen LogP contribution in [0.5, 0.6) is 0 Å². The highest BCUT2D eigenvalue weighted by Crippen LogP contribution is 2.35. The van der Waals surface area contributed by atoms with Crippen molar-refractivity contribution in [1.29, 1.82) is 0 Å². The van der Waals surface area contributed by atoms with Gasteiger partial charge in [0.1, 0.15) is 0 Å². The molecular weight excluding hydrogens is 374 g/mol. The lowest BCUT2D eigenvalue weighted by molar-refractivity contribution is 0.422. The largest absolute Gasteiger partial charge is 0.289 e. The minimum atomic E-state index is 0.516. The van der Waals surface area contributed by atoms with Crippen LogP contribution < -0.4 is 0 Å². The van der Waals surface area contributed by atoms with Crippen molar-refractivity contribution in [3.63, 3.8) is 0 Å². The van der Waals surface area contributed by atoms with Crippen molar-refractivity contribution in [2.75, 3.05) is 6.54 Å². The van der Waals surface area contributed by atoms with Gasteiger partial charge in [-0.25, -0.2) is 0 Å². The molecule has 0 saturated heterocycles. The average Bonchev–Trinajstić information content (AvgIpc) is 2.99. The molecule has 2 aliphatic rings. The van der Waals surface area contributed by atoms with Gasteiger partial charge in [0.15, 0.2) is 0 Å². The number of hydrogen-bond acceptors (Lipinski definition) is 1. The van der Waals surface area contributed by atoms with E-state index in [1.807, 2.05) is 0 Å². The second kappa shape index (κ2) is 11.3. The molecule has 1 heterocycles. The molecule has 0 fully saturated rings. The monoisotopic (exact) mass is 413 g/mol. The molecule has 1 aromatic carbocycles. The van der Waals surface area contributed by atoms with Crippen LogP contribution in [0.4, 0.5) is 0 Å². The lowest BCUT2D eigenvalue weighted by Crippen LogP contribution is -2.15. The van der Waals surface area contributed by atoms with Crippen molar-refractivity contribution in [3.05, 3.63) is 89.1 Å². The quantitative estimate of drug-likeness (QED) is 0.399. The van der Waals surface area contributed by atoms with Crippen molar-refractivity contribution >= 4 is 11.3 Å². The molecule has 1 aliphatic heterocycles. The number of rotatable bonds is 7. The van der Waals surface area contributed by atoms with E-state index in [1.54, 1.807) is 0 Å². The standard InChI is InChI=1S/C30H39N/c1-6-10-11-12-24-13-14-25(8-3)28(20-24)29-21-27(16-15-26(29)9-4)30-22(5)19-23(7-2)17-18-31-30/h6,8,10-12,15-16,20-23H,3,7,9,13-14,17-19H2,1-2,4-5H3/b10-6-,12-11-. The number of benzene rings is 1. The van der Waals surface area contributed by atoms with Crippen molar-refractivity contribution in [2.45, 2.75) is 66.2 Å². The highest BCUT2D eigenvalue weighted by molar-refractivity contribution is 6.03. The van der Waals surface area contributed by atoms with Crippen LogP contribution in [0.1, 0.15) is 76.5 Å². The average molecular weight is 414 g/mol. The van der Waals surface area contributed by atoms with E-state index in [9.17, 15) is 0 Å². The fraction of sp³-hybridized carbons (Fsp3) is 0.433. The van der Waals surface area contributed by atoms with E-state index in [0.717, 1.165) is 31.7 Å². The summed E-state index contributed by atoms with van der Waals surface area (Å²) < 4.78 is 0.